The summed E-state index contributed by atoms with van der Waals surface area (Å²) in [5.74, 6) is -0.542. The normalized spacial score (nSPS) is 31.5. The number of nitrogens with two attached hydrogens (primary N) is 1. The molecule has 2 saturated heterocycles. The molecule has 10 heteroatoms. The van der Waals surface area contributed by atoms with Crippen LogP contribution in [0.4, 0.5) is 5.82 Å². The first kappa shape index (κ1) is 15.5. The molecule has 0 aromatic carbocycles. The monoisotopic (exact) mass is 337 g/mol. The van der Waals surface area contributed by atoms with Crippen molar-refractivity contribution in [3.63, 3.8) is 0 Å². The number of aliphatic hydroxyl groups is 1. The lowest BCUT2D eigenvalue weighted by Crippen LogP contribution is -2.31. The van der Waals surface area contributed by atoms with Gasteiger partial charge in [-0.2, -0.15) is 9.97 Å². The van der Waals surface area contributed by atoms with E-state index in [9.17, 15) is 5.11 Å². The highest BCUT2D eigenvalue weighted by Crippen LogP contribution is 2.43. The van der Waals surface area contributed by atoms with Crippen LogP contribution in [0.25, 0.3) is 11.2 Å². The summed E-state index contributed by atoms with van der Waals surface area (Å²) in [5, 5.41) is 9.59. The van der Waals surface area contributed by atoms with Gasteiger partial charge in [-0.3, -0.25) is 4.57 Å². The molecule has 4 heterocycles. The molecule has 2 aromatic rings. The van der Waals surface area contributed by atoms with Crippen LogP contribution in [0.3, 0.4) is 0 Å². The number of aromatic nitrogens is 4. The van der Waals surface area contributed by atoms with Crippen LogP contribution in [0.15, 0.2) is 6.33 Å². The minimum Gasteiger partial charge on any atom is -0.467 e. The van der Waals surface area contributed by atoms with Gasteiger partial charge in [-0.1, -0.05) is 0 Å². The second-order valence-corrected chi connectivity index (χ2v) is 6.23. The van der Waals surface area contributed by atoms with Gasteiger partial charge in [0.05, 0.1) is 20.0 Å². The zero-order valence-corrected chi connectivity index (χ0v) is 13.5. The molecule has 1 unspecified atom stereocenters. The number of hydrogen-bond donors (Lipinski definition) is 2. The lowest BCUT2D eigenvalue weighted by Gasteiger charge is -2.24. The first-order valence-corrected chi connectivity index (χ1v) is 7.59. The zero-order valence-electron chi connectivity index (χ0n) is 13.5. The highest BCUT2D eigenvalue weighted by atomic mass is 16.8. The fraction of sp³-hybridized carbons (Fsp3) is 0.643. The van der Waals surface area contributed by atoms with Crippen LogP contribution in [0.1, 0.15) is 20.1 Å². The summed E-state index contributed by atoms with van der Waals surface area (Å²) < 4.78 is 24.5. The Morgan fingerprint density at radius 3 is 2.79 bits per heavy atom. The quantitative estimate of drug-likeness (QED) is 0.784. The Kier molecular flexibility index (Phi) is 3.39. The van der Waals surface area contributed by atoms with Crippen molar-refractivity contribution >= 4 is 17.0 Å². The molecule has 2 aliphatic rings. The van der Waals surface area contributed by atoms with E-state index in [1.165, 1.54) is 7.11 Å². The minimum absolute atomic E-state index is 0.138. The number of hydrogen-bond acceptors (Lipinski definition) is 9. The lowest BCUT2D eigenvalue weighted by atomic mass is 10.1. The maximum atomic E-state index is 9.59. The molecule has 0 radical (unpaired) electrons. The lowest BCUT2D eigenvalue weighted by molar-refractivity contribution is -0.199. The van der Waals surface area contributed by atoms with Crippen LogP contribution in [0, 0.1) is 0 Å². The molecule has 0 aliphatic carbocycles. The number of aliphatic hydroxyl groups excluding tert-OH is 1. The van der Waals surface area contributed by atoms with E-state index in [1.807, 2.05) is 13.8 Å². The topological polar surface area (TPSA) is 127 Å². The van der Waals surface area contributed by atoms with Gasteiger partial charge in [0.1, 0.15) is 18.3 Å². The van der Waals surface area contributed by atoms with Gasteiger partial charge in [0.15, 0.2) is 29.0 Å². The SMILES string of the molecule is COc1nc(N)c2ncn([C@@H]3O[C@H](CO)C4OC(C)(C)O[C@@H]43)c2n1. The summed E-state index contributed by atoms with van der Waals surface area (Å²) in [4.78, 5) is 12.6. The molecular weight excluding hydrogens is 318 g/mol. The molecule has 0 bridgehead atoms. The summed E-state index contributed by atoms with van der Waals surface area (Å²) in [7, 11) is 1.46. The predicted octanol–water partition coefficient (Wildman–Crippen LogP) is -0.173. The summed E-state index contributed by atoms with van der Waals surface area (Å²) in [6.07, 6.45) is -0.283. The Hall–Kier alpha value is -2.01. The molecule has 10 nitrogen and oxygen atoms in total. The van der Waals surface area contributed by atoms with Crippen LogP contribution in [0.2, 0.25) is 0 Å². The molecule has 24 heavy (non-hydrogen) atoms. The average Bonchev–Trinajstić information content (AvgIpc) is 3.17. The molecule has 0 amide bonds. The van der Waals surface area contributed by atoms with Gasteiger partial charge in [0, 0.05) is 0 Å². The molecule has 4 atom stereocenters. The molecule has 0 spiro atoms. The van der Waals surface area contributed by atoms with E-state index in [-0.39, 0.29) is 24.5 Å². The number of anilines is 1. The number of nitrogens with zero attached hydrogens (tertiary/aromatic N) is 4. The number of fused-ring (bicyclic) bond motifs is 2. The van der Waals surface area contributed by atoms with Gasteiger partial charge < -0.3 is 29.8 Å². The van der Waals surface area contributed by atoms with Crippen molar-refractivity contribution in [3.8, 4) is 6.01 Å². The number of methoxy groups -OCH3 is 1. The van der Waals surface area contributed by atoms with Gasteiger partial charge >= 0.3 is 6.01 Å². The second-order valence-electron chi connectivity index (χ2n) is 6.23. The van der Waals surface area contributed by atoms with E-state index in [1.54, 1.807) is 10.9 Å². The molecule has 2 aliphatic heterocycles. The number of imidazole rings is 1. The molecule has 0 saturated carbocycles. The minimum atomic E-state index is -0.757. The van der Waals surface area contributed by atoms with E-state index in [0.717, 1.165) is 0 Å². The highest BCUT2D eigenvalue weighted by Gasteiger charge is 2.56. The highest BCUT2D eigenvalue weighted by molar-refractivity contribution is 5.82. The third kappa shape index (κ3) is 2.22. The Bertz CT molecular complexity index is 778. The van der Waals surface area contributed by atoms with Crippen molar-refractivity contribution in [2.75, 3.05) is 19.5 Å². The van der Waals surface area contributed by atoms with Crippen molar-refractivity contribution < 1.29 is 24.1 Å². The Morgan fingerprint density at radius 2 is 2.08 bits per heavy atom. The number of rotatable bonds is 3. The second kappa shape index (κ2) is 5.24. The average molecular weight is 337 g/mol. The van der Waals surface area contributed by atoms with Gasteiger partial charge in [-0.05, 0) is 13.8 Å². The van der Waals surface area contributed by atoms with E-state index in [4.69, 9.17) is 24.7 Å². The van der Waals surface area contributed by atoms with Crippen molar-refractivity contribution in [2.24, 2.45) is 0 Å². The van der Waals surface area contributed by atoms with Gasteiger partial charge in [0.2, 0.25) is 0 Å². The first-order valence-electron chi connectivity index (χ1n) is 7.59. The van der Waals surface area contributed by atoms with Crippen molar-refractivity contribution in [1.29, 1.82) is 0 Å². The molecule has 130 valence electrons. The number of ether oxygens (including phenoxy) is 4. The van der Waals surface area contributed by atoms with E-state index >= 15 is 0 Å². The third-order valence-electron chi connectivity index (χ3n) is 4.19. The van der Waals surface area contributed by atoms with Crippen molar-refractivity contribution in [2.45, 2.75) is 44.2 Å². The smallest absolute Gasteiger partial charge is 0.320 e. The van der Waals surface area contributed by atoms with Crippen LogP contribution < -0.4 is 10.5 Å². The largest absolute Gasteiger partial charge is 0.467 e. The van der Waals surface area contributed by atoms with Crippen molar-refractivity contribution in [3.05, 3.63) is 6.33 Å². The van der Waals surface area contributed by atoms with Crippen LogP contribution in [0.5, 0.6) is 6.01 Å². The Balaban J connectivity index is 1.78. The molecule has 2 aromatic heterocycles. The summed E-state index contributed by atoms with van der Waals surface area (Å²) in [6, 6.07) is 0.138. The molecule has 2 fully saturated rings. The summed E-state index contributed by atoms with van der Waals surface area (Å²) in [5.41, 5.74) is 6.82. The standard InChI is InChI=1S/C14H19N5O5/c1-14(2)23-8-6(4-20)22-12(9(8)24-14)19-5-16-7-10(15)17-13(21-3)18-11(7)19/h5-6,8-9,12,20H,4H2,1-3H3,(H2,15,17,18)/t6-,8?,9+,12-/m1/s1. The number of nitrogen functional groups attached to an aromatic ring is 1. The van der Waals surface area contributed by atoms with E-state index < -0.39 is 24.2 Å². The first-order chi connectivity index (χ1) is 11.4. The van der Waals surface area contributed by atoms with Crippen LogP contribution in [-0.4, -0.2) is 62.4 Å². The zero-order chi connectivity index (χ0) is 17.1. The Morgan fingerprint density at radius 1 is 1.33 bits per heavy atom. The third-order valence-corrected chi connectivity index (χ3v) is 4.19. The van der Waals surface area contributed by atoms with Crippen LogP contribution in [-0.2, 0) is 14.2 Å². The maximum absolute atomic E-state index is 9.59. The summed E-state index contributed by atoms with van der Waals surface area (Å²) in [6.45, 7) is 3.47. The Labute approximate surface area is 137 Å². The van der Waals surface area contributed by atoms with Gasteiger partial charge in [0.25, 0.3) is 0 Å². The predicted molar refractivity (Wildman–Crippen MR) is 81.1 cm³/mol. The maximum Gasteiger partial charge on any atom is 0.320 e. The fourth-order valence-corrected chi connectivity index (χ4v) is 3.23. The summed E-state index contributed by atoms with van der Waals surface area (Å²) >= 11 is 0. The molecule has 3 N–H and O–H groups in total. The van der Waals surface area contributed by atoms with Crippen LogP contribution >= 0.6 is 0 Å². The van der Waals surface area contributed by atoms with E-state index in [0.29, 0.717) is 11.2 Å². The molecule has 4 rings (SSSR count). The van der Waals surface area contributed by atoms with Gasteiger partial charge in [-0.15, -0.1) is 0 Å². The molecular formula is C14H19N5O5. The van der Waals surface area contributed by atoms with Gasteiger partial charge in [-0.25, -0.2) is 4.98 Å². The van der Waals surface area contributed by atoms with E-state index in [2.05, 4.69) is 15.0 Å². The van der Waals surface area contributed by atoms with Crippen molar-refractivity contribution in [1.82, 2.24) is 19.5 Å². The fourth-order valence-electron chi connectivity index (χ4n) is 3.23.